The number of hydrogen-bond acceptors (Lipinski definition) is 2. The summed E-state index contributed by atoms with van der Waals surface area (Å²) in [7, 11) is 0. The summed E-state index contributed by atoms with van der Waals surface area (Å²) in [4.78, 5) is 28.0. The smallest absolute Gasteiger partial charge is 0.264 e. The number of carbonyl (C=O) groups is 1. The topological polar surface area (TPSA) is 42.3 Å². The number of fused-ring (bicyclic) bond motifs is 1. The molecule has 0 saturated carbocycles. The Morgan fingerprint density at radius 3 is 2.69 bits per heavy atom. The lowest BCUT2D eigenvalue weighted by Crippen LogP contribution is -2.44. The van der Waals surface area contributed by atoms with E-state index in [2.05, 4.69) is 0 Å². The van der Waals surface area contributed by atoms with Gasteiger partial charge in [-0.15, -0.1) is 0 Å². The molecule has 1 aromatic heterocycles. The highest BCUT2D eigenvalue weighted by atomic mass is 35.5. The summed E-state index contributed by atoms with van der Waals surface area (Å²) in [6.07, 6.45) is 3.08. The van der Waals surface area contributed by atoms with Crippen molar-refractivity contribution in [1.82, 2.24) is 4.57 Å². The van der Waals surface area contributed by atoms with E-state index in [1.807, 2.05) is 19.1 Å². The van der Waals surface area contributed by atoms with E-state index in [1.54, 1.807) is 41.4 Å². The minimum atomic E-state index is -0.361. The fourth-order valence-electron chi connectivity index (χ4n) is 3.77. The van der Waals surface area contributed by atoms with E-state index >= 15 is 0 Å². The van der Waals surface area contributed by atoms with Crippen LogP contribution in [0.5, 0.6) is 0 Å². The molecule has 1 aliphatic heterocycles. The molecular formula is C23H20ClFN2O2. The number of nitrogens with zero attached hydrogens (tertiary/aromatic N) is 2. The second kappa shape index (κ2) is 7.84. The van der Waals surface area contributed by atoms with E-state index in [0.717, 1.165) is 11.1 Å². The third-order valence-electron chi connectivity index (χ3n) is 5.31. The molecule has 1 atom stereocenters. The zero-order valence-electron chi connectivity index (χ0n) is 15.9. The number of benzene rings is 2. The van der Waals surface area contributed by atoms with Gasteiger partial charge in [0, 0.05) is 22.9 Å². The highest BCUT2D eigenvalue weighted by Crippen LogP contribution is 2.32. The second-order valence-electron chi connectivity index (χ2n) is 7.32. The fourth-order valence-corrected chi connectivity index (χ4v) is 3.90. The maximum atomic E-state index is 13.6. The van der Waals surface area contributed by atoms with Gasteiger partial charge in [0.05, 0.1) is 6.54 Å². The zero-order valence-corrected chi connectivity index (χ0v) is 16.7. The van der Waals surface area contributed by atoms with Crippen LogP contribution >= 0.6 is 11.6 Å². The lowest BCUT2D eigenvalue weighted by atomic mass is 9.95. The van der Waals surface area contributed by atoms with Gasteiger partial charge in [0.25, 0.3) is 11.5 Å². The van der Waals surface area contributed by atoms with Crippen LogP contribution in [0.15, 0.2) is 65.6 Å². The number of hydrogen-bond donors (Lipinski definition) is 0. The van der Waals surface area contributed by atoms with Gasteiger partial charge in [-0.05, 0) is 73.4 Å². The van der Waals surface area contributed by atoms with E-state index in [9.17, 15) is 14.0 Å². The van der Waals surface area contributed by atoms with Crippen molar-refractivity contribution in [2.75, 3.05) is 4.90 Å². The molecule has 148 valence electrons. The summed E-state index contributed by atoms with van der Waals surface area (Å²) in [5.74, 6) is -0.684. The molecule has 0 bridgehead atoms. The quantitative estimate of drug-likeness (QED) is 0.629. The highest BCUT2D eigenvalue weighted by molar-refractivity contribution is 6.30. The molecule has 0 spiro atoms. The molecule has 1 amide bonds. The molecule has 4 nitrogen and oxygen atoms in total. The van der Waals surface area contributed by atoms with Crippen molar-refractivity contribution in [2.45, 2.75) is 32.4 Å². The molecule has 0 N–H and O–H groups in total. The SMILES string of the molecule is C[C@H]1CCc2cc(F)ccc2N1C(=O)c1cccn(Cc2ccc(Cl)cc2)c1=O. The molecular weight excluding hydrogens is 391 g/mol. The molecule has 4 rings (SSSR count). The van der Waals surface area contributed by atoms with E-state index < -0.39 is 0 Å². The van der Waals surface area contributed by atoms with Crippen LogP contribution in [0.25, 0.3) is 0 Å². The maximum Gasteiger partial charge on any atom is 0.264 e. The van der Waals surface area contributed by atoms with Crippen molar-refractivity contribution in [1.29, 1.82) is 0 Å². The van der Waals surface area contributed by atoms with Gasteiger partial charge in [-0.1, -0.05) is 23.7 Å². The number of aromatic nitrogens is 1. The highest BCUT2D eigenvalue weighted by Gasteiger charge is 2.30. The summed E-state index contributed by atoms with van der Waals surface area (Å²) in [5.41, 5.74) is 2.11. The molecule has 3 aromatic rings. The van der Waals surface area contributed by atoms with Gasteiger partial charge in [-0.25, -0.2) is 4.39 Å². The largest absolute Gasteiger partial charge is 0.310 e. The van der Waals surface area contributed by atoms with Crippen LogP contribution in [0.2, 0.25) is 5.02 Å². The fraction of sp³-hybridized carbons (Fsp3) is 0.217. The molecule has 0 unspecified atom stereocenters. The molecule has 6 heteroatoms. The third-order valence-corrected chi connectivity index (χ3v) is 5.56. The normalized spacial score (nSPS) is 15.8. The first-order valence-electron chi connectivity index (χ1n) is 9.50. The van der Waals surface area contributed by atoms with E-state index in [-0.39, 0.29) is 28.9 Å². The van der Waals surface area contributed by atoms with Gasteiger partial charge >= 0.3 is 0 Å². The van der Waals surface area contributed by atoms with Gasteiger partial charge < -0.3 is 9.47 Å². The van der Waals surface area contributed by atoms with Crippen LogP contribution in [0.4, 0.5) is 10.1 Å². The number of anilines is 1. The number of halogens is 2. The molecule has 29 heavy (non-hydrogen) atoms. The van der Waals surface area contributed by atoms with Crippen LogP contribution in [-0.4, -0.2) is 16.5 Å². The minimum absolute atomic E-state index is 0.0789. The van der Waals surface area contributed by atoms with Gasteiger partial charge in [0.2, 0.25) is 0 Å². The van der Waals surface area contributed by atoms with Crippen LogP contribution < -0.4 is 10.5 Å². The zero-order chi connectivity index (χ0) is 20.5. The number of amides is 1. The van der Waals surface area contributed by atoms with Gasteiger partial charge in [-0.3, -0.25) is 9.59 Å². The average molecular weight is 411 g/mol. The van der Waals surface area contributed by atoms with Crippen LogP contribution in [-0.2, 0) is 13.0 Å². The molecule has 1 aliphatic rings. The first kappa shape index (κ1) is 19.4. The predicted octanol–water partition coefficient (Wildman–Crippen LogP) is 4.67. The first-order valence-corrected chi connectivity index (χ1v) is 9.88. The molecule has 0 saturated heterocycles. The lowest BCUT2D eigenvalue weighted by Gasteiger charge is -2.35. The molecule has 0 aliphatic carbocycles. The maximum absolute atomic E-state index is 13.6. The number of pyridine rings is 1. The molecule has 2 heterocycles. The minimum Gasteiger partial charge on any atom is -0.310 e. The summed E-state index contributed by atoms with van der Waals surface area (Å²) in [6.45, 7) is 2.29. The monoisotopic (exact) mass is 410 g/mol. The number of aryl methyl sites for hydroxylation is 1. The van der Waals surface area contributed by atoms with Crippen LogP contribution in [0.1, 0.15) is 34.8 Å². The molecule has 0 radical (unpaired) electrons. The predicted molar refractivity (Wildman–Crippen MR) is 112 cm³/mol. The molecule has 2 aromatic carbocycles. The van der Waals surface area contributed by atoms with Gasteiger partial charge in [-0.2, -0.15) is 0 Å². The molecule has 0 fully saturated rings. The van der Waals surface area contributed by atoms with Crippen molar-refractivity contribution in [3.05, 3.63) is 98.7 Å². The van der Waals surface area contributed by atoms with Gasteiger partial charge in [0.15, 0.2) is 0 Å². The van der Waals surface area contributed by atoms with Gasteiger partial charge in [0.1, 0.15) is 11.4 Å². The Labute approximate surface area is 173 Å². The standard InChI is InChI=1S/C23H20ClFN2O2/c1-15-4-7-17-13-19(25)10-11-21(17)27(15)23(29)20-3-2-12-26(22(20)28)14-16-5-8-18(24)9-6-16/h2-3,5-6,8-13,15H,4,7,14H2,1H3/t15-/m0/s1. The Morgan fingerprint density at radius 2 is 1.93 bits per heavy atom. The van der Waals surface area contributed by atoms with E-state index in [1.165, 1.54) is 16.7 Å². The summed E-state index contributed by atoms with van der Waals surface area (Å²) >= 11 is 5.92. The van der Waals surface area contributed by atoms with Crippen LogP contribution in [0.3, 0.4) is 0 Å². The first-order chi connectivity index (χ1) is 13.9. The Balaban J connectivity index is 1.69. The third kappa shape index (κ3) is 3.83. The van der Waals surface area contributed by atoms with E-state index in [4.69, 9.17) is 11.6 Å². The average Bonchev–Trinajstić information content (AvgIpc) is 2.71. The van der Waals surface area contributed by atoms with Crippen molar-refractivity contribution < 1.29 is 9.18 Å². The Kier molecular flexibility index (Phi) is 5.24. The Bertz CT molecular complexity index is 1120. The van der Waals surface area contributed by atoms with Crippen molar-refractivity contribution in [3.63, 3.8) is 0 Å². The van der Waals surface area contributed by atoms with Crippen molar-refractivity contribution >= 4 is 23.2 Å². The summed E-state index contributed by atoms with van der Waals surface area (Å²) < 4.78 is 15.1. The lowest BCUT2D eigenvalue weighted by molar-refractivity contribution is 0.0973. The Hall–Kier alpha value is -2.92. The summed E-state index contributed by atoms with van der Waals surface area (Å²) in [5, 5.41) is 0.624. The van der Waals surface area contributed by atoms with Crippen molar-refractivity contribution in [3.8, 4) is 0 Å². The number of rotatable bonds is 3. The second-order valence-corrected chi connectivity index (χ2v) is 7.75. The Morgan fingerprint density at radius 1 is 1.17 bits per heavy atom. The van der Waals surface area contributed by atoms with Crippen LogP contribution in [0, 0.1) is 5.82 Å². The van der Waals surface area contributed by atoms with E-state index in [0.29, 0.717) is 30.1 Å². The number of carbonyl (C=O) groups excluding carboxylic acids is 1. The summed E-state index contributed by atoms with van der Waals surface area (Å²) in [6, 6.07) is 14.8. The van der Waals surface area contributed by atoms with Crippen molar-refractivity contribution in [2.24, 2.45) is 0 Å².